The molecule has 29 heavy (non-hydrogen) atoms. The number of halogens is 1. The maximum atomic E-state index is 11.7. The molecule has 0 bridgehead atoms. The van der Waals surface area contributed by atoms with Gasteiger partial charge in [-0.3, -0.25) is 4.79 Å². The maximum Gasteiger partial charge on any atom is 0.271 e. The van der Waals surface area contributed by atoms with Crippen LogP contribution >= 0.6 is 11.6 Å². The molecule has 2 aromatic rings. The van der Waals surface area contributed by atoms with Gasteiger partial charge in [0, 0.05) is 18.0 Å². The van der Waals surface area contributed by atoms with E-state index in [4.69, 9.17) is 17.3 Å². The third-order valence-electron chi connectivity index (χ3n) is 4.65. The Kier molecular flexibility index (Phi) is 6.25. The van der Waals surface area contributed by atoms with E-state index >= 15 is 0 Å². The molecular formula is C18H22ClN5O4S. The van der Waals surface area contributed by atoms with Crippen molar-refractivity contribution in [3.63, 3.8) is 0 Å². The number of benzene rings is 1. The fraction of sp³-hybridized carbons (Fsp3) is 0.389. The van der Waals surface area contributed by atoms with Crippen molar-refractivity contribution in [1.29, 1.82) is 0 Å². The molecule has 1 aliphatic rings. The van der Waals surface area contributed by atoms with E-state index in [0.717, 1.165) is 19.1 Å². The Morgan fingerprint density at radius 3 is 2.55 bits per heavy atom. The van der Waals surface area contributed by atoms with Crippen LogP contribution in [0.2, 0.25) is 5.02 Å². The Labute approximate surface area is 173 Å². The third-order valence-corrected chi connectivity index (χ3v) is 6.23. The van der Waals surface area contributed by atoms with Crippen LogP contribution in [0.1, 0.15) is 36.2 Å². The van der Waals surface area contributed by atoms with Gasteiger partial charge in [0.1, 0.15) is 5.82 Å². The van der Waals surface area contributed by atoms with E-state index in [1.807, 2.05) is 0 Å². The second kappa shape index (κ2) is 8.52. The summed E-state index contributed by atoms with van der Waals surface area (Å²) >= 11 is 6.07. The van der Waals surface area contributed by atoms with Gasteiger partial charge in [-0.25, -0.2) is 18.4 Å². The van der Waals surface area contributed by atoms with Crippen molar-refractivity contribution in [2.75, 3.05) is 16.9 Å². The lowest BCUT2D eigenvalue weighted by atomic mass is 9.93. The highest BCUT2D eigenvalue weighted by Gasteiger charge is 2.21. The molecular weight excluding hydrogens is 418 g/mol. The van der Waals surface area contributed by atoms with E-state index < -0.39 is 15.7 Å². The van der Waals surface area contributed by atoms with Crippen LogP contribution in [0.3, 0.4) is 0 Å². The van der Waals surface area contributed by atoms with Crippen LogP contribution in [0.15, 0.2) is 29.3 Å². The van der Waals surface area contributed by atoms with Crippen molar-refractivity contribution >= 4 is 44.7 Å². The van der Waals surface area contributed by atoms with Crippen molar-refractivity contribution in [3.05, 3.63) is 35.1 Å². The molecule has 9 nitrogen and oxygen atoms in total. The second-order valence-corrected chi connectivity index (χ2v) is 9.40. The molecule has 5 N–H and O–H groups in total. The minimum atomic E-state index is -3.46. The van der Waals surface area contributed by atoms with Gasteiger partial charge in [-0.1, -0.05) is 11.6 Å². The first-order valence-electron chi connectivity index (χ1n) is 9.01. The quantitative estimate of drug-likeness (QED) is 0.534. The van der Waals surface area contributed by atoms with Gasteiger partial charge in [0.2, 0.25) is 0 Å². The summed E-state index contributed by atoms with van der Waals surface area (Å²) in [4.78, 5) is 20.2. The zero-order chi connectivity index (χ0) is 21.2. The lowest BCUT2D eigenvalue weighted by Gasteiger charge is -2.26. The largest absolute Gasteiger partial charge is 0.393 e. The zero-order valence-corrected chi connectivity index (χ0v) is 17.3. The van der Waals surface area contributed by atoms with Gasteiger partial charge in [0.25, 0.3) is 5.91 Å². The minimum absolute atomic E-state index is 0.000768. The number of nitrogens with two attached hydrogens (primary N) is 1. The normalized spacial score (nSPS) is 19.6. The van der Waals surface area contributed by atoms with Crippen LogP contribution in [0.5, 0.6) is 0 Å². The molecule has 1 fully saturated rings. The number of rotatable bonds is 6. The Morgan fingerprint density at radius 2 is 1.97 bits per heavy atom. The van der Waals surface area contributed by atoms with E-state index in [9.17, 15) is 18.3 Å². The molecule has 0 saturated heterocycles. The van der Waals surface area contributed by atoms with Gasteiger partial charge in [0.05, 0.1) is 22.2 Å². The number of hydrogen-bond acceptors (Lipinski definition) is 8. The molecule has 0 unspecified atom stereocenters. The van der Waals surface area contributed by atoms with Gasteiger partial charge in [-0.05, 0) is 43.9 Å². The van der Waals surface area contributed by atoms with Crippen molar-refractivity contribution in [2.45, 2.75) is 42.7 Å². The molecule has 156 valence electrons. The summed E-state index contributed by atoms with van der Waals surface area (Å²) in [7, 11) is -3.46. The number of amides is 1. The molecule has 1 aliphatic carbocycles. The zero-order valence-electron chi connectivity index (χ0n) is 15.7. The van der Waals surface area contributed by atoms with E-state index in [2.05, 4.69) is 20.6 Å². The van der Waals surface area contributed by atoms with Crippen LogP contribution in [-0.4, -0.2) is 47.8 Å². The van der Waals surface area contributed by atoms with Crippen LogP contribution in [0.4, 0.5) is 17.3 Å². The van der Waals surface area contributed by atoms with Gasteiger partial charge in [0.15, 0.2) is 21.3 Å². The number of aliphatic hydroxyl groups excluding tert-OH is 1. The molecule has 0 spiro atoms. The first kappa shape index (κ1) is 21.3. The molecule has 1 heterocycles. The van der Waals surface area contributed by atoms with Crippen molar-refractivity contribution in [1.82, 2.24) is 9.97 Å². The number of primary amides is 1. The average molecular weight is 440 g/mol. The number of nitrogens with one attached hydrogen (secondary N) is 2. The van der Waals surface area contributed by atoms with Gasteiger partial charge < -0.3 is 21.5 Å². The number of nitrogens with zero attached hydrogens (tertiary/aromatic N) is 2. The maximum absolute atomic E-state index is 11.7. The molecule has 3 rings (SSSR count). The summed E-state index contributed by atoms with van der Waals surface area (Å²) in [5.41, 5.74) is 5.76. The predicted octanol–water partition coefficient (Wildman–Crippen LogP) is 2.09. The van der Waals surface area contributed by atoms with Crippen molar-refractivity contribution < 1.29 is 18.3 Å². The van der Waals surface area contributed by atoms with E-state index in [1.165, 1.54) is 24.4 Å². The topological polar surface area (TPSA) is 147 Å². The van der Waals surface area contributed by atoms with Crippen LogP contribution in [0, 0.1) is 0 Å². The average Bonchev–Trinajstić information content (AvgIpc) is 2.62. The molecule has 0 radical (unpaired) electrons. The number of aromatic nitrogens is 2. The summed E-state index contributed by atoms with van der Waals surface area (Å²) in [5.74, 6) is -0.176. The smallest absolute Gasteiger partial charge is 0.271 e. The number of hydrogen-bond donors (Lipinski definition) is 4. The first-order chi connectivity index (χ1) is 13.6. The molecule has 11 heteroatoms. The van der Waals surface area contributed by atoms with Crippen LogP contribution in [0.25, 0.3) is 0 Å². The summed E-state index contributed by atoms with van der Waals surface area (Å²) in [5, 5.41) is 15.8. The lowest BCUT2D eigenvalue weighted by molar-refractivity contribution is 0.0996. The lowest BCUT2D eigenvalue weighted by Crippen LogP contribution is -2.29. The molecule has 1 amide bonds. The van der Waals surface area contributed by atoms with Crippen molar-refractivity contribution in [2.24, 2.45) is 5.73 Å². The molecule has 1 saturated carbocycles. The number of aliphatic hydroxyl groups is 1. The third kappa shape index (κ3) is 5.34. The van der Waals surface area contributed by atoms with E-state index in [-0.39, 0.29) is 33.6 Å². The fourth-order valence-corrected chi connectivity index (χ4v) is 4.50. The van der Waals surface area contributed by atoms with Gasteiger partial charge >= 0.3 is 0 Å². The van der Waals surface area contributed by atoms with E-state index in [0.29, 0.717) is 24.3 Å². The number of carbonyl (C=O) groups excluding carboxylic acids is 1. The Morgan fingerprint density at radius 1 is 1.28 bits per heavy atom. The highest BCUT2D eigenvalue weighted by Crippen LogP contribution is 2.28. The number of sulfone groups is 1. The Balaban J connectivity index is 1.85. The molecule has 1 aromatic heterocycles. The number of anilines is 3. The highest BCUT2D eigenvalue weighted by molar-refractivity contribution is 7.90. The Bertz CT molecular complexity index is 1020. The first-order valence-corrected chi connectivity index (χ1v) is 11.3. The van der Waals surface area contributed by atoms with Gasteiger partial charge in [-0.15, -0.1) is 0 Å². The summed E-state index contributed by atoms with van der Waals surface area (Å²) in [6.07, 6.45) is 5.24. The Hall–Kier alpha value is -2.43. The summed E-state index contributed by atoms with van der Waals surface area (Å²) < 4.78 is 23.4. The van der Waals surface area contributed by atoms with Gasteiger partial charge in [-0.2, -0.15) is 0 Å². The van der Waals surface area contributed by atoms with Crippen LogP contribution < -0.4 is 16.4 Å². The minimum Gasteiger partial charge on any atom is -0.393 e. The summed E-state index contributed by atoms with van der Waals surface area (Å²) in [6, 6.07) is 4.44. The second-order valence-electron chi connectivity index (χ2n) is 7.01. The molecule has 0 atom stereocenters. The van der Waals surface area contributed by atoms with Crippen molar-refractivity contribution in [3.8, 4) is 0 Å². The van der Waals surface area contributed by atoms with Crippen LogP contribution in [-0.2, 0) is 9.84 Å². The standard InChI is InChI=1S/C18H22ClN5O4S/c1-29(27,28)14-7-4-11(8-13(14)19)23-18-16(17(20)26)21-9-15(24-18)22-10-2-5-12(25)6-3-10/h4,7-10,12,25H,2-3,5-6H2,1H3,(H2,20,26)(H2,22,23,24). The SMILES string of the molecule is CS(=O)(=O)c1ccc(Nc2nc(NC3CCC(O)CC3)cnc2C(N)=O)cc1Cl. The number of carbonyl (C=O) groups is 1. The monoisotopic (exact) mass is 439 g/mol. The van der Waals surface area contributed by atoms with E-state index in [1.54, 1.807) is 0 Å². The summed E-state index contributed by atoms with van der Waals surface area (Å²) in [6.45, 7) is 0. The fourth-order valence-electron chi connectivity index (χ4n) is 3.17. The predicted molar refractivity (Wildman–Crippen MR) is 110 cm³/mol. The highest BCUT2D eigenvalue weighted by atomic mass is 35.5. The molecule has 0 aliphatic heterocycles. The molecule has 1 aromatic carbocycles.